The molecule has 1 rings (SSSR count). The predicted octanol–water partition coefficient (Wildman–Crippen LogP) is 2.51. The molecule has 0 aliphatic rings. The minimum atomic E-state index is -0.996. The molecule has 0 saturated heterocycles. The van der Waals surface area contributed by atoms with E-state index in [1.165, 1.54) is 24.3 Å². The highest BCUT2D eigenvalue weighted by Crippen LogP contribution is 2.23. The topological polar surface area (TPSA) is 72.5 Å². The van der Waals surface area contributed by atoms with E-state index in [0.29, 0.717) is 12.0 Å². The monoisotopic (exact) mass is 255 g/mol. The number of hydrogen-bond acceptors (Lipinski definition) is 3. The average Bonchev–Trinajstić information content (AvgIpc) is 2.34. The Balaban J connectivity index is 2.76. The molecule has 0 radical (unpaired) electrons. The fraction of sp³-hybridized carbons (Fsp3) is 0.462. The van der Waals surface area contributed by atoms with Crippen LogP contribution in [0.15, 0.2) is 24.3 Å². The minimum Gasteiger partial charge on any atom is -0.443 e. The number of carbonyl (C=O) groups is 1. The predicted molar refractivity (Wildman–Crippen MR) is 65.3 cm³/mol. The van der Waals surface area contributed by atoms with Gasteiger partial charge in [0.2, 0.25) is 0 Å². The summed E-state index contributed by atoms with van der Waals surface area (Å²) in [4.78, 5) is 10.8. The van der Waals surface area contributed by atoms with Crippen LogP contribution in [0, 0.1) is 5.82 Å². The Morgan fingerprint density at radius 2 is 2.06 bits per heavy atom. The number of aliphatic hydroxyl groups excluding tert-OH is 1. The number of benzene rings is 1. The molecule has 0 saturated carbocycles. The van der Waals surface area contributed by atoms with Gasteiger partial charge in [-0.3, -0.25) is 0 Å². The highest BCUT2D eigenvalue weighted by atomic mass is 19.1. The molecule has 0 aliphatic heterocycles. The van der Waals surface area contributed by atoms with E-state index in [1.54, 1.807) is 0 Å². The van der Waals surface area contributed by atoms with Gasteiger partial charge >= 0.3 is 6.09 Å². The molecule has 100 valence electrons. The highest BCUT2D eigenvalue weighted by Gasteiger charge is 2.23. The summed E-state index contributed by atoms with van der Waals surface area (Å²) in [6, 6.07) is 5.42. The largest absolute Gasteiger partial charge is 0.443 e. The summed E-state index contributed by atoms with van der Waals surface area (Å²) in [7, 11) is 0. The third-order valence-corrected chi connectivity index (χ3v) is 2.67. The average molecular weight is 255 g/mol. The third kappa shape index (κ3) is 4.33. The number of nitrogens with two attached hydrogens (primary N) is 1. The zero-order valence-electron chi connectivity index (χ0n) is 10.3. The van der Waals surface area contributed by atoms with Crippen molar-refractivity contribution in [2.24, 2.45) is 5.73 Å². The number of halogens is 1. The van der Waals surface area contributed by atoms with Gasteiger partial charge in [0, 0.05) is 0 Å². The lowest BCUT2D eigenvalue weighted by atomic mass is 10.00. The van der Waals surface area contributed by atoms with Crippen LogP contribution < -0.4 is 5.73 Å². The maximum atomic E-state index is 12.8. The van der Waals surface area contributed by atoms with Gasteiger partial charge in [0.1, 0.15) is 18.0 Å². The van der Waals surface area contributed by atoms with Crippen LogP contribution in [0.3, 0.4) is 0 Å². The van der Waals surface area contributed by atoms with Gasteiger partial charge in [-0.2, -0.15) is 0 Å². The molecule has 1 amide bonds. The van der Waals surface area contributed by atoms with Crippen molar-refractivity contribution in [3.05, 3.63) is 35.6 Å². The Labute approximate surface area is 106 Å². The van der Waals surface area contributed by atoms with Crippen molar-refractivity contribution in [1.82, 2.24) is 0 Å². The van der Waals surface area contributed by atoms with Crippen LogP contribution in [-0.4, -0.2) is 17.3 Å². The molecule has 1 aromatic carbocycles. The summed E-state index contributed by atoms with van der Waals surface area (Å²) in [6.07, 6.45) is -0.391. The van der Waals surface area contributed by atoms with Crippen molar-refractivity contribution < 1.29 is 19.0 Å². The second kappa shape index (κ2) is 6.96. The van der Waals surface area contributed by atoms with Crippen molar-refractivity contribution in [2.75, 3.05) is 0 Å². The lowest BCUT2D eigenvalue weighted by molar-refractivity contribution is -0.000325. The molecule has 0 fully saturated rings. The summed E-state index contributed by atoms with van der Waals surface area (Å²) >= 11 is 0. The van der Waals surface area contributed by atoms with E-state index in [0.717, 1.165) is 12.8 Å². The van der Waals surface area contributed by atoms with E-state index in [-0.39, 0.29) is 5.82 Å². The summed E-state index contributed by atoms with van der Waals surface area (Å²) in [6.45, 7) is 1.99. The number of aliphatic hydroxyl groups is 1. The van der Waals surface area contributed by atoms with E-state index >= 15 is 0 Å². The molecule has 0 spiro atoms. The lowest BCUT2D eigenvalue weighted by Gasteiger charge is -2.22. The molecule has 0 bridgehead atoms. The van der Waals surface area contributed by atoms with Gasteiger partial charge in [0.25, 0.3) is 0 Å². The summed E-state index contributed by atoms with van der Waals surface area (Å²) in [5, 5.41) is 10.1. The first-order valence-corrected chi connectivity index (χ1v) is 5.94. The fourth-order valence-corrected chi connectivity index (χ4v) is 1.71. The Bertz CT molecular complexity index is 380. The second-order valence-electron chi connectivity index (χ2n) is 4.11. The summed E-state index contributed by atoms with van der Waals surface area (Å²) < 4.78 is 17.7. The van der Waals surface area contributed by atoms with Gasteiger partial charge in [-0.25, -0.2) is 9.18 Å². The smallest absolute Gasteiger partial charge is 0.404 e. The number of amides is 1. The number of ether oxygens (including phenoxy) is 1. The summed E-state index contributed by atoms with van der Waals surface area (Å²) in [5.41, 5.74) is 5.47. The van der Waals surface area contributed by atoms with Crippen molar-refractivity contribution >= 4 is 6.09 Å². The Hall–Kier alpha value is -1.62. The zero-order chi connectivity index (χ0) is 13.5. The van der Waals surface area contributed by atoms with Gasteiger partial charge in [0.15, 0.2) is 0 Å². The maximum absolute atomic E-state index is 12.8. The second-order valence-corrected chi connectivity index (χ2v) is 4.11. The normalized spacial score (nSPS) is 13.9. The van der Waals surface area contributed by atoms with Gasteiger partial charge in [-0.05, 0) is 30.5 Å². The van der Waals surface area contributed by atoms with Crippen LogP contribution in [0.1, 0.15) is 37.9 Å². The van der Waals surface area contributed by atoms with Crippen LogP contribution in [0.2, 0.25) is 0 Å². The molecule has 3 N–H and O–H groups in total. The van der Waals surface area contributed by atoms with Crippen LogP contribution in [0.4, 0.5) is 9.18 Å². The molecular formula is C13H18FNO3. The molecular weight excluding hydrogens is 237 g/mol. The van der Waals surface area contributed by atoms with E-state index in [2.05, 4.69) is 0 Å². The van der Waals surface area contributed by atoms with E-state index < -0.39 is 18.3 Å². The van der Waals surface area contributed by atoms with Gasteiger partial charge in [0.05, 0.1) is 0 Å². The molecule has 0 unspecified atom stereocenters. The Kier molecular flexibility index (Phi) is 5.58. The number of rotatable bonds is 6. The van der Waals surface area contributed by atoms with Crippen molar-refractivity contribution in [3.8, 4) is 0 Å². The van der Waals surface area contributed by atoms with Gasteiger partial charge in [-0.1, -0.05) is 25.5 Å². The maximum Gasteiger partial charge on any atom is 0.404 e. The first-order chi connectivity index (χ1) is 8.54. The molecule has 4 nitrogen and oxygen atoms in total. The van der Waals surface area contributed by atoms with Crippen LogP contribution >= 0.6 is 0 Å². The van der Waals surface area contributed by atoms with Crippen LogP contribution in [0.25, 0.3) is 0 Å². The van der Waals surface area contributed by atoms with Crippen molar-refractivity contribution in [2.45, 2.75) is 38.4 Å². The van der Waals surface area contributed by atoms with Crippen LogP contribution in [0.5, 0.6) is 0 Å². The first kappa shape index (κ1) is 14.4. The van der Waals surface area contributed by atoms with Crippen LogP contribution in [-0.2, 0) is 4.74 Å². The Morgan fingerprint density at radius 3 is 2.56 bits per heavy atom. The molecule has 5 heteroatoms. The molecule has 0 aliphatic carbocycles. The number of hydrogen-bond donors (Lipinski definition) is 2. The van der Waals surface area contributed by atoms with E-state index in [9.17, 15) is 14.3 Å². The fourth-order valence-electron chi connectivity index (χ4n) is 1.71. The molecule has 0 aromatic heterocycles. The third-order valence-electron chi connectivity index (χ3n) is 2.67. The Morgan fingerprint density at radius 1 is 1.44 bits per heavy atom. The molecule has 1 aromatic rings. The quantitative estimate of drug-likeness (QED) is 0.820. The van der Waals surface area contributed by atoms with Crippen molar-refractivity contribution in [1.29, 1.82) is 0 Å². The van der Waals surface area contributed by atoms with E-state index in [1.807, 2.05) is 6.92 Å². The van der Waals surface area contributed by atoms with E-state index in [4.69, 9.17) is 10.5 Å². The highest BCUT2D eigenvalue weighted by molar-refractivity contribution is 5.64. The van der Waals surface area contributed by atoms with Gasteiger partial charge in [-0.15, -0.1) is 0 Å². The lowest BCUT2D eigenvalue weighted by Crippen LogP contribution is -2.28. The summed E-state index contributed by atoms with van der Waals surface area (Å²) in [5.74, 6) is -0.383. The molecule has 0 heterocycles. The number of unbranched alkanes of at least 4 members (excludes halogenated alkanes) is 1. The minimum absolute atomic E-state index is 0.383. The zero-order valence-corrected chi connectivity index (χ0v) is 10.3. The standard InChI is InChI=1S/C13H18FNO3/c1-2-3-4-11(18-13(15)17)12(16)9-5-7-10(14)8-6-9/h5-8,11-12,16H,2-4H2,1H3,(H2,15,17)/t11-,12-/m0/s1. The SMILES string of the molecule is CCCC[C@H](OC(N)=O)[C@@H](O)c1ccc(F)cc1. The number of primary amides is 1. The number of carbonyl (C=O) groups excluding carboxylic acids is 1. The van der Waals surface area contributed by atoms with Gasteiger partial charge < -0.3 is 15.6 Å². The van der Waals surface area contributed by atoms with Crippen molar-refractivity contribution in [3.63, 3.8) is 0 Å². The molecule has 2 atom stereocenters. The molecule has 18 heavy (non-hydrogen) atoms. The first-order valence-electron chi connectivity index (χ1n) is 5.94.